The second-order valence-corrected chi connectivity index (χ2v) is 4.62. The quantitative estimate of drug-likeness (QED) is 0.592. The van der Waals surface area contributed by atoms with Gasteiger partial charge in [0.1, 0.15) is 0 Å². The fraction of sp³-hybridized carbons (Fsp3) is 1.00. The van der Waals surface area contributed by atoms with Crippen LogP contribution >= 0.6 is 0 Å². The standard InChI is InChI=1S/C13H28O4/c1-10(2)11(9-15-4)13(17-6)12(16-5)7-8-14-3/h10-13H,7-9H2,1-6H3. The Bertz CT molecular complexity index is 173. The summed E-state index contributed by atoms with van der Waals surface area (Å²) < 4.78 is 21.5. The van der Waals surface area contributed by atoms with Gasteiger partial charge in [-0.3, -0.25) is 0 Å². The third kappa shape index (κ3) is 5.82. The van der Waals surface area contributed by atoms with Crippen molar-refractivity contribution in [1.82, 2.24) is 0 Å². The van der Waals surface area contributed by atoms with Crippen LogP contribution < -0.4 is 0 Å². The van der Waals surface area contributed by atoms with Crippen LogP contribution in [0, 0.1) is 11.8 Å². The zero-order valence-electron chi connectivity index (χ0n) is 12.1. The maximum atomic E-state index is 5.62. The first kappa shape index (κ1) is 16.8. The van der Waals surface area contributed by atoms with Crippen LogP contribution in [0.2, 0.25) is 0 Å². The van der Waals surface area contributed by atoms with Crippen molar-refractivity contribution in [3.05, 3.63) is 0 Å². The average molecular weight is 248 g/mol. The Balaban J connectivity index is 4.59. The van der Waals surface area contributed by atoms with Gasteiger partial charge in [0.05, 0.1) is 18.8 Å². The van der Waals surface area contributed by atoms with Gasteiger partial charge in [0.15, 0.2) is 0 Å². The molecule has 0 radical (unpaired) electrons. The summed E-state index contributed by atoms with van der Waals surface area (Å²) in [7, 11) is 6.87. The van der Waals surface area contributed by atoms with Crippen molar-refractivity contribution in [2.75, 3.05) is 41.7 Å². The minimum absolute atomic E-state index is 0.0371. The van der Waals surface area contributed by atoms with Crippen LogP contribution in [0.3, 0.4) is 0 Å². The lowest BCUT2D eigenvalue weighted by Gasteiger charge is -2.33. The van der Waals surface area contributed by atoms with Crippen molar-refractivity contribution in [2.45, 2.75) is 32.5 Å². The first-order valence-electron chi connectivity index (χ1n) is 6.15. The summed E-state index contributed by atoms with van der Waals surface area (Å²) in [6.45, 7) is 5.72. The van der Waals surface area contributed by atoms with Gasteiger partial charge in [-0.2, -0.15) is 0 Å². The van der Waals surface area contributed by atoms with Gasteiger partial charge in [0, 0.05) is 41.0 Å². The Morgan fingerprint density at radius 1 is 0.882 bits per heavy atom. The molecule has 0 aromatic carbocycles. The molecule has 3 unspecified atom stereocenters. The van der Waals surface area contributed by atoms with Gasteiger partial charge < -0.3 is 18.9 Å². The van der Waals surface area contributed by atoms with Crippen LogP contribution in [-0.2, 0) is 18.9 Å². The molecule has 4 nitrogen and oxygen atoms in total. The molecule has 4 heteroatoms. The summed E-state index contributed by atoms with van der Waals surface area (Å²) in [6.07, 6.45) is 0.913. The van der Waals surface area contributed by atoms with Gasteiger partial charge in [-0.25, -0.2) is 0 Å². The molecule has 0 amide bonds. The Hall–Kier alpha value is -0.160. The summed E-state index contributed by atoms with van der Waals surface area (Å²) in [4.78, 5) is 0. The van der Waals surface area contributed by atoms with E-state index in [1.165, 1.54) is 0 Å². The number of hydrogen-bond acceptors (Lipinski definition) is 4. The van der Waals surface area contributed by atoms with E-state index < -0.39 is 0 Å². The van der Waals surface area contributed by atoms with E-state index in [1.54, 1.807) is 28.4 Å². The van der Waals surface area contributed by atoms with Crippen molar-refractivity contribution in [3.8, 4) is 0 Å². The third-order valence-electron chi connectivity index (χ3n) is 3.19. The molecule has 0 rings (SSSR count). The molecule has 0 aliphatic heterocycles. The van der Waals surface area contributed by atoms with E-state index in [2.05, 4.69) is 13.8 Å². The van der Waals surface area contributed by atoms with E-state index in [0.29, 0.717) is 25.0 Å². The lowest BCUT2D eigenvalue weighted by Crippen LogP contribution is -2.41. The molecule has 3 atom stereocenters. The molecule has 0 spiro atoms. The second-order valence-electron chi connectivity index (χ2n) is 4.62. The van der Waals surface area contributed by atoms with Crippen LogP contribution in [0.25, 0.3) is 0 Å². The summed E-state index contributed by atoms with van der Waals surface area (Å²) in [5.74, 6) is 0.812. The number of rotatable bonds is 10. The zero-order chi connectivity index (χ0) is 13.3. The minimum Gasteiger partial charge on any atom is -0.385 e. The molecule has 0 N–H and O–H groups in total. The first-order chi connectivity index (χ1) is 8.12. The van der Waals surface area contributed by atoms with Gasteiger partial charge in [0.2, 0.25) is 0 Å². The smallest absolute Gasteiger partial charge is 0.0886 e. The first-order valence-corrected chi connectivity index (χ1v) is 6.15. The Kier molecular flexibility index (Phi) is 9.74. The summed E-state index contributed by atoms with van der Waals surface area (Å²) >= 11 is 0. The van der Waals surface area contributed by atoms with E-state index in [-0.39, 0.29) is 12.2 Å². The molecule has 0 aliphatic carbocycles. The van der Waals surface area contributed by atoms with Crippen LogP contribution in [-0.4, -0.2) is 53.9 Å². The SMILES string of the molecule is COCCC(OC)C(OC)C(COC)C(C)C. The van der Waals surface area contributed by atoms with E-state index in [0.717, 1.165) is 6.42 Å². The molecule has 0 aliphatic rings. The van der Waals surface area contributed by atoms with E-state index >= 15 is 0 Å². The Morgan fingerprint density at radius 2 is 1.53 bits per heavy atom. The summed E-state index contributed by atoms with van der Waals surface area (Å²) in [6, 6.07) is 0. The van der Waals surface area contributed by atoms with E-state index in [1.807, 2.05) is 0 Å². The van der Waals surface area contributed by atoms with Crippen LogP contribution in [0.4, 0.5) is 0 Å². The molecule has 104 valence electrons. The monoisotopic (exact) mass is 248 g/mol. The van der Waals surface area contributed by atoms with Gasteiger partial charge in [-0.05, 0) is 12.3 Å². The molecular weight excluding hydrogens is 220 g/mol. The van der Waals surface area contributed by atoms with Crippen LogP contribution in [0.1, 0.15) is 20.3 Å². The lowest BCUT2D eigenvalue weighted by molar-refractivity contribution is -0.0966. The zero-order valence-corrected chi connectivity index (χ0v) is 12.1. The van der Waals surface area contributed by atoms with E-state index in [4.69, 9.17) is 18.9 Å². The molecule has 0 heterocycles. The highest BCUT2D eigenvalue weighted by atomic mass is 16.5. The summed E-state index contributed by atoms with van der Waals surface area (Å²) in [5.41, 5.74) is 0. The Labute approximate surface area is 106 Å². The fourth-order valence-corrected chi connectivity index (χ4v) is 2.11. The van der Waals surface area contributed by atoms with Crippen LogP contribution in [0.5, 0.6) is 0 Å². The molecule has 0 aromatic rings. The molecule has 0 saturated heterocycles. The summed E-state index contributed by atoms with van der Waals surface area (Å²) in [5, 5.41) is 0. The van der Waals surface area contributed by atoms with Crippen molar-refractivity contribution in [1.29, 1.82) is 0 Å². The predicted octanol–water partition coefficient (Wildman–Crippen LogP) is 1.97. The van der Waals surface area contributed by atoms with Gasteiger partial charge >= 0.3 is 0 Å². The normalized spacial score (nSPS) is 17.1. The molecule has 0 aromatic heterocycles. The largest absolute Gasteiger partial charge is 0.385 e. The Morgan fingerprint density at radius 3 is 1.88 bits per heavy atom. The number of methoxy groups -OCH3 is 4. The maximum absolute atomic E-state index is 5.62. The highest BCUT2D eigenvalue weighted by Crippen LogP contribution is 2.23. The molecule has 0 fully saturated rings. The van der Waals surface area contributed by atoms with Crippen molar-refractivity contribution in [2.24, 2.45) is 11.8 Å². The maximum Gasteiger partial charge on any atom is 0.0886 e. The fourth-order valence-electron chi connectivity index (χ4n) is 2.11. The molecular formula is C13H28O4. The predicted molar refractivity (Wildman–Crippen MR) is 68.3 cm³/mol. The van der Waals surface area contributed by atoms with Gasteiger partial charge in [-0.15, -0.1) is 0 Å². The van der Waals surface area contributed by atoms with E-state index in [9.17, 15) is 0 Å². The van der Waals surface area contributed by atoms with Crippen molar-refractivity contribution < 1.29 is 18.9 Å². The minimum atomic E-state index is 0.0371. The van der Waals surface area contributed by atoms with Gasteiger partial charge in [-0.1, -0.05) is 13.8 Å². The highest BCUT2D eigenvalue weighted by molar-refractivity contribution is 4.80. The number of ether oxygens (including phenoxy) is 4. The molecule has 0 saturated carbocycles. The lowest BCUT2D eigenvalue weighted by atomic mass is 9.87. The second kappa shape index (κ2) is 9.83. The third-order valence-corrected chi connectivity index (χ3v) is 3.19. The molecule has 0 bridgehead atoms. The van der Waals surface area contributed by atoms with Crippen LogP contribution in [0.15, 0.2) is 0 Å². The average Bonchev–Trinajstić information content (AvgIpc) is 2.32. The molecule has 17 heavy (non-hydrogen) atoms. The topological polar surface area (TPSA) is 36.9 Å². The number of hydrogen-bond donors (Lipinski definition) is 0. The van der Waals surface area contributed by atoms with Crippen molar-refractivity contribution >= 4 is 0 Å². The van der Waals surface area contributed by atoms with Gasteiger partial charge in [0.25, 0.3) is 0 Å². The highest BCUT2D eigenvalue weighted by Gasteiger charge is 2.31. The van der Waals surface area contributed by atoms with Crippen molar-refractivity contribution in [3.63, 3.8) is 0 Å².